The Kier molecular flexibility index (Phi) is 5.01. The van der Waals surface area contributed by atoms with Crippen LogP contribution in [0.2, 0.25) is 0 Å². The van der Waals surface area contributed by atoms with E-state index in [0.717, 1.165) is 39.0 Å². The molecule has 1 unspecified atom stereocenters. The first-order valence-electron chi connectivity index (χ1n) is 7.33. The number of hydrogen-bond acceptors (Lipinski definition) is 3. The van der Waals surface area contributed by atoms with E-state index in [9.17, 15) is 4.79 Å². The number of ether oxygens (including phenoxy) is 1. The molecule has 0 aromatic rings. The zero-order valence-corrected chi connectivity index (χ0v) is 11.7. The SMILES string of the molecule is CC(C)OCCCCN1CCC(NC2CC2)C1=O. The van der Waals surface area contributed by atoms with Crippen molar-refractivity contribution in [3.8, 4) is 0 Å². The molecule has 1 heterocycles. The van der Waals surface area contributed by atoms with Crippen LogP contribution in [0.5, 0.6) is 0 Å². The lowest BCUT2D eigenvalue weighted by molar-refractivity contribution is -0.129. The lowest BCUT2D eigenvalue weighted by Gasteiger charge is -2.17. The summed E-state index contributed by atoms with van der Waals surface area (Å²) in [6, 6.07) is 0.725. The molecule has 4 nitrogen and oxygen atoms in total. The van der Waals surface area contributed by atoms with Gasteiger partial charge >= 0.3 is 0 Å². The van der Waals surface area contributed by atoms with Gasteiger partial charge in [-0.25, -0.2) is 0 Å². The number of amides is 1. The summed E-state index contributed by atoms with van der Waals surface area (Å²) in [5.74, 6) is 0.312. The van der Waals surface area contributed by atoms with Gasteiger partial charge in [0, 0.05) is 25.7 Å². The fourth-order valence-electron chi connectivity index (χ4n) is 2.37. The van der Waals surface area contributed by atoms with Crippen LogP contribution in [0.3, 0.4) is 0 Å². The Labute approximate surface area is 110 Å². The van der Waals surface area contributed by atoms with Gasteiger partial charge in [0.1, 0.15) is 0 Å². The van der Waals surface area contributed by atoms with Crippen molar-refractivity contribution >= 4 is 5.91 Å². The summed E-state index contributed by atoms with van der Waals surface area (Å²) >= 11 is 0. The molecule has 104 valence electrons. The zero-order valence-electron chi connectivity index (χ0n) is 11.7. The minimum Gasteiger partial charge on any atom is -0.379 e. The van der Waals surface area contributed by atoms with E-state index >= 15 is 0 Å². The highest BCUT2D eigenvalue weighted by Gasteiger charge is 2.34. The molecule has 1 amide bonds. The molecule has 1 aliphatic heterocycles. The lowest BCUT2D eigenvalue weighted by Crippen LogP contribution is -2.39. The molecule has 4 heteroatoms. The Hall–Kier alpha value is -0.610. The maximum absolute atomic E-state index is 12.1. The van der Waals surface area contributed by atoms with Crippen molar-refractivity contribution in [2.75, 3.05) is 19.7 Å². The van der Waals surface area contributed by atoms with Crippen molar-refractivity contribution in [1.29, 1.82) is 0 Å². The van der Waals surface area contributed by atoms with Gasteiger partial charge in [0.2, 0.25) is 5.91 Å². The van der Waals surface area contributed by atoms with Crippen molar-refractivity contribution in [3.05, 3.63) is 0 Å². The molecule has 18 heavy (non-hydrogen) atoms. The molecule has 2 aliphatic rings. The van der Waals surface area contributed by atoms with Crippen LogP contribution in [-0.4, -0.2) is 48.7 Å². The Morgan fingerprint density at radius 1 is 1.33 bits per heavy atom. The Morgan fingerprint density at radius 3 is 2.78 bits per heavy atom. The number of carbonyl (C=O) groups is 1. The second-order valence-electron chi connectivity index (χ2n) is 5.73. The second kappa shape index (κ2) is 6.53. The molecule has 0 spiro atoms. The van der Waals surface area contributed by atoms with Crippen LogP contribution in [0.1, 0.15) is 46.0 Å². The van der Waals surface area contributed by atoms with Crippen LogP contribution in [0.25, 0.3) is 0 Å². The van der Waals surface area contributed by atoms with Gasteiger partial charge in [0.15, 0.2) is 0 Å². The molecular weight excluding hydrogens is 228 g/mol. The number of hydrogen-bond donors (Lipinski definition) is 1. The summed E-state index contributed by atoms with van der Waals surface area (Å²) in [5, 5.41) is 3.43. The third-order valence-electron chi connectivity index (χ3n) is 3.59. The smallest absolute Gasteiger partial charge is 0.239 e. The first-order chi connectivity index (χ1) is 8.66. The van der Waals surface area contributed by atoms with E-state index < -0.39 is 0 Å². The van der Waals surface area contributed by atoms with Gasteiger partial charge in [-0.15, -0.1) is 0 Å². The molecular formula is C14H26N2O2. The Balaban J connectivity index is 1.57. The van der Waals surface area contributed by atoms with Gasteiger partial charge in [-0.2, -0.15) is 0 Å². The summed E-state index contributed by atoms with van der Waals surface area (Å²) in [6.45, 7) is 6.73. The zero-order chi connectivity index (χ0) is 13.0. The number of carbonyl (C=O) groups excluding carboxylic acids is 1. The van der Waals surface area contributed by atoms with Gasteiger partial charge in [0.05, 0.1) is 12.1 Å². The molecule has 0 aromatic heterocycles. The van der Waals surface area contributed by atoms with Gasteiger partial charge in [-0.3, -0.25) is 4.79 Å². The molecule has 2 fully saturated rings. The number of nitrogens with zero attached hydrogens (tertiary/aromatic N) is 1. The van der Waals surface area contributed by atoms with Crippen LogP contribution in [0, 0.1) is 0 Å². The average Bonchev–Trinajstić information content (AvgIpc) is 3.07. The molecule has 1 saturated carbocycles. The predicted molar refractivity (Wildman–Crippen MR) is 71.5 cm³/mol. The van der Waals surface area contributed by atoms with E-state index in [1.54, 1.807) is 0 Å². The van der Waals surface area contributed by atoms with Crippen molar-refractivity contribution in [2.45, 2.75) is 64.1 Å². The standard InChI is InChI=1S/C14H26N2O2/c1-11(2)18-10-4-3-8-16-9-7-13(14(16)17)15-12-5-6-12/h11-13,15H,3-10H2,1-2H3. The third-order valence-corrected chi connectivity index (χ3v) is 3.59. The summed E-state index contributed by atoms with van der Waals surface area (Å²) in [4.78, 5) is 14.1. The Bertz CT molecular complexity index is 277. The van der Waals surface area contributed by atoms with E-state index in [0.29, 0.717) is 18.1 Å². The number of rotatable bonds is 8. The summed E-state index contributed by atoms with van der Waals surface area (Å²) in [5.41, 5.74) is 0. The quantitative estimate of drug-likeness (QED) is 0.668. The van der Waals surface area contributed by atoms with Crippen LogP contribution in [-0.2, 0) is 9.53 Å². The average molecular weight is 254 g/mol. The molecule has 0 radical (unpaired) electrons. The van der Waals surface area contributed by atoms with Crippen LogP contribution in [0.15, 0.2) is 0 Å². The van der Waals surface area contributed by atoms with E-state index in [-0.39, 0.29) is 6.04 Å². The largest absolute Gasteiger partial charge is 0.379 e. The monoisotopic (exact) mass is 254 g/mol. The highest BCUT2D eigenvalue weighted by atomic mass is 16.5. The van der Waals surface area contributed by atoms with E-state index in [2.05, 4.69) is 19.2 Å². The van der Waals surface area contributed by atoms with E-state index in [1.165, 1.54) is 12.8 Å². The molecule has 1 N–H and O–H groups in total. The normalized spacial score (nSPS) is 24.3. The van der Waals surface area contributed by atoms with Gasteiger partial charge < -0.3 is 15.0 Å². The van der Waals surface area contributed by atoms with E-state index in [4.69, 9.17) is 4.74 Å². The van der Waals surface area contributed by atoms with Crippen LogP contribution < -0.4 is 5.32 Å². The summed E-state index contributed by atoms with van der Waals surface area (Å²) in [7, 11) is 0. The van der Waals surface area contributed by atoms with Crippen molar-refractivity contribution < 1.29 is 9.53 Å². The summed E-state index contributed by atoms with van der Waals surface area (Å²) < 4.78 is 5.50. The predicted octanol–water partition coefficient (Wildman–Crippen LogP) is 1.54. The molecule has 0 bridgehead atoms. The Morgan fingerprint density at radius 2 is 2.11 bits per heavy atom. The maximum atomic E-state index is 12.1. The number of unbranched alkanes of at least 4 members (excludes halogenated alkanes) is 1. The van der Waals surface area contributed by atoms with Gasteiger partial charge in [0.25, 0.3) is 0 Å². The second-order valence-corrected chi connectivity index (χ2v) is 5.73. The minimum absolute atomic E-state index is 0.101. The third kappa shape index (κ3) is 4.25. The molecule has 1 atom stereocenters. The molecule has 1 saturated heterocycles. The molecule has 0 aromatic carbocycles. The van der Waals surface area contributed by atoms with Crippen molar-refractivity contribution in [3.63, 3.8) is 0 Å². The fourth-order valence-corrected chi connectivity index (χ4v) is 2.37. The maximum Gasteiger partial charge on any atom is 0.239 e. The number of likely N-dealkylation sites (tertiary alicyclic amines) is 1. The first-order valence-corrected chi connectivity index (χ1v) is 7.33. The van der Waals surface area contributed by atoms with Crippen molar-refractivity contribution in [1.82, 2.24) is 10.2 Å². The van der Waals surface area contributed by atoms with Crippen LogP contribution >= 0.6 is 0 Å². The van der Waals surface area contributed by atoms with Gasteiger partial charge in [-0.05, 0) is 46.0 Å². The molecule has 2 rings (SSSR count). The lowest BCUT2D eigenvalue weighted by atomic mass is 10.2. The number of nitrogens with one attached hydrogen (secondary N) is 1. The highest BCUT2D eigenvalue weighted by Crippen LogP contribution is 2.22. The van der Waals surface area contributed by atoms with Gasteiger partial charge in [-0.1, -0.05) is 0 Å². The minimum atomic E-state index is 0.101. The first kappa shape index (κ1) is 13.8. The van der Waals surface area contributed by atoms with Crippen molar-refractivity contribution in [2.24, 2.45) is 0 Å². The van der Waals surface area contributed by atoms with Crippen LogP contribution in [0.4, 0.5) is 0 Å². The molecule has 1 aliphatic carbocycles. The highest BCUT2D eigenvalue weighted by molar-refractivity contribution is 5.84. The fraction of sp³-hybridized carbons (Fsp3) is 0.929. The summed E-state index contributed by atoms with van der Waals surface area (Å²) in [6.07, 6.45) is 5.88. The topological polar surface area (TPSA) is 41.6 Å². The van der Waals surface area contributed by atoms with E-state index in [1.807, 2.05) is 4.90 Å².